The highest BCUT2D eigenvalue weighted by molar-refractivity contribution is 7.80. The van der Waals surface area contributed by atoms with E-state index in [0.717, 1.165) is 5.56 Å². The molecule has 0 unspecified atom stereocenters. The fraction of sp³-hybridized carbons (Fsp3) is 0.200. The lowest BCUT2D eigenvalue weighted by Gasteiger charge is -2.09. The average molecular weight is 304 g/mol. The first-order valence-corrected chi connectivity index (χ1v) is 6.43. The van der Waals surface area contributed by atoms with Crippen LogP contribution in [0, 0.1) is 11.3 Å². The molecule has 110 valence electrons. The van der Waals surface area contributed by atoms with Gasteiger partial charge in [-0.25, -0.2) is 0 Å². The van der Waals surface area contributed by atoms with Gasteiger partial charge in [-0.1, -0.05) is 24.4 Å². The van der Waals surface area contributed by atoms with Crippen LogP contribution in [0.2, 0.25) is 0 Å². The normalized spacial score (nSPS) is 11.0. The van der Waals surface area contributed by atoms with Crippen LogP contribution in [0.15, 0.2) is 30.0 Å². The summed E-state index contributed by atoms with van der Waals surface area (Å²) in [6, 6.07) is 5.31. The number of methoxy groups -OCH3 is 2. The van der Waals surface area contributed by atoms with E-state index >= 15 is 0 Å². The summed E-state index contributed by atoms with van der Waals surface area (Å²) in [6.45, 7) is 1.69. The van der Waals surface area contributed by atoms with Crippen LogP contribution in [0.25, 0.3) is 6.08 Å². The highest BCUT2D eigenvalue weighted by Crippen LogP contribution is 2.37. The molecule has 0 amide bonds. The summed E-state index contributed by atoms with van der Waals surface area (Å²) in [5.74, 6) is 0.570. The lowest BCUT2D eigenvalue weighted by molar-refractivity contribution is 0.340. The maximum atomic E-state index is 9.81. The maximum Gasteiger partial charge on any atom is 0.200 e. The van der Waals surface area contributed by atoms with Crippen LogP contribution in [0.1, 0.15) is 12.5 Å². The van der Waals surface area contributed by atoms with Gasteiger partial charge in [-0.15, -0.1) is 0 Å². The van der Waals surface area contributed by atoms with Gasteiger partial charge in [0, 0.05) is 0 Å². The summed E-state index contributed by atoms with van der Waals surface area (Å²) in [6.07, 6.45) is 5.04. The van der Waals surface area contributed by atoms with E-state index in [0.29, 0.717) is 22.2 Å². The molecule has 0 radical (unpaired) electrons. The van der Waals surface area contributed by atoms with Gasteiger partial charge in [0.1, 0.15) is 11.8 Å². The fourth-order valence-electron chi connectivity index (χ4n) is 1.56. The number of nitrogens with zero attached hydrogens (tertiary/aromatic N) is 1. The van der Waals surface area contributed by atoms with Gasteiger partial charge in [0.05, 0.1) is 19.2 Å². The van der Waals surface area contributed by atoms with Crippen molar-refractivity contribution >= 4 is 23.3 Å². The molecule has 0 aliphatic rings. The average Bonchev–Trinajstić information content (AvgIpc) is 2.47. The monoisotopic (exact) mass is 304 g/mol. The molecule has 2 N–H and O–H groups in total. The van der Waals surface area contributed by atoms with Crippen LogP contribution >= 0.6 is 12.2 Å². The number of aromatic hydroxyl groups is 1. The number of benzene rings is 1. The Morgan fingerprint density at radius 1 is 1.33 bits per heavy atom. The molecule has 21 heavy (non-hydrogen) atoms. The zero-order valence-electron chi connectivity index (χ0n) is 12.0. The minimum Gasteiger partial charge on any atom is -0.502 e. The summed E-state index contributed by atoms with van der Waals surface area (Å²) in [4.78, 5) is 0.518. The van der Waals surface area contributed by atoms with Gasteiger partial charge in [0.15, 0.2) is 11.5 Å². The molecule has 6 heteroatoms. The van der Waals surface area contributed by atoms with Crippen LogP contribution in [0.3, 0.4) is 0 Å². The number of thiocarbonyl (C=S) groups is 1. The Labute approximate surface area is 129 Å². The van der Waals surface area contributed by atoms with Crippen molar-refractivity contribution < 1.29 is 14.6 Å². The standard InChI is InChI=1S/C15H16N2O3S/c1-10(21)17-12(9-16)6-4-5-11-7-13(19-2)15(18)14(8-11)20-3/h4-8,18H,1-3H3,(H,17,21)/b5-4+,12-6+. The highest BCUT2D eigenvalue weighted by atomic mass is 32.1. The molecular weight excluding hydrogens is 288 g/mol. The number of phenolic OH excluding ortho intramolecular Hbond substituents is 1. The number of allylic oxidation sites excluding steroid dienone is 3. The molecule has 0 heterocycles. The van der Waals surface area contributed by atoms with Crippen molar-refractivity contribution in [1.82, 2.24) is 5.32 Å². The van der Waals surface area contributed by atoms with E-state index < -0.39 is 0 Å². The molecule has 0 aliphatic heterocycles. The number of phenols is 1. The number of nitrogens with one attached hydrogen (secondary N) is 1. The third-order valence-corrected chi connectivity index (χ3v) is 2.59. The van der Waals surface area contributed by atoms with Crippen molar-refractivity contribution in [3.8, 4) is 23.3 Å². The second kappa shape index (κ2) is 7.92. The van der Waals surface area contributed by atoms with Crippen LogP contribution in [-0.4, -0.2) is 24.3 Å². The Balaban J connectivity index is 3.02. The molecule has 0 spiro atoms. The zero-order chi connectivity index (χ0) is 15.8. The first-order valence-electron chi connectivity index (χ1n) is 6.02. The van der Waals surface area contributed by atoms with E-state index in [1.807, 2.05) is 6.07 Å². The van der Waals surface area contributed by atoms with E-state index in [-0.39, 0.29) is 5.75 Å². The summed E-state index contributed by atoms with van der Waals surface area (Å²) in [7, 11) is 2.92. The third kappa shape index (κ3) is 4.82. The lowest BCUT2D eigenvalue weighted by Crippen LogP contribution is -2.15. The molecule has 5 nitrogen and oxygen atoms in total. The third-order valence-electron chi connectivity index (χ3n) is 2.48. The number of ether oxygens (including phenoxy) is 2. The fourth-order valence-corrected chi connectivity index (χ4v) is 1.67. The minimum absolute atomic E-state index is 0.0524. The second-order valence-electron chi connectivity index (χ2n) is 4.01. The zero-order valence-corrected chi connectivity index (χ0v) is 12.8. The Bertz CT molecular complexity index is 605. The van der Waals surface area contributed by atoms with Gasteiger partial charge >= 0.3 is 0 Å². The van der Waals surface area contributed by atoms with Crippen LogP contribution in [0.4, 0.5) is 0 Å². The van der Waals surface area contributed by atoms with Crippen LogP contribution in [-0.2, 0) is 0 Å². The van der Waals surface area contributed by atoms with Gasteiger partial charge in [-0.3, -0.25) is 0 Å². The smallest absolute Gasteiger partial charge is 0.200 e. The molecule has 0 saturated heterocycles. The lowest BCUT2D eigenvalue weighted by atomic mass is 10.1. The Morgan fingerprint density at radius 3 is 2.33 bits per heavy atom. The molecule has 0 bridgehead atoms. The quantitative estimate of drug-likeness (QED) is 0.495. The predicted molar refractivity (Wildman–Crippen MR) is 85.3 cm³/mol. The topological polar surface area (TPSA) is 74.5 Å². The first kappa shape index (κ1) is 16.5. The van der Waals surface area contributed by atoms with Crippen molar-refractivity contribution in [2.45, 2.75) is 6.92 Å². The summed E-state index contributed by atoms with van der Waals surface area (Å²) >= 11 is 4.87. The Morgan fingerprint density at radius 2 is 1.90 bits per heavy atom. The molecule has 0 aliphatic carbocycles. The van der Waals surface area contributed by atoms with Crippen LogP contribution in [0.5, 0.6) is 17.2 Å². The molecule has 1 aromatic rings. The second-order valence-corrected chi connectivity index (χ2v) is 4.62. The van der Waals surface area contributed by atoms with Crippen molar-refractivity contribution in [3.63, 3.8) is 0 Å². The number of hydrogen-bond acceptors (Lipinski definition) is 5. The summed E-state index contributed by atoms with van der Waals surface area (Å²) in [5.41, 5.74) is 1.10. The van der Waals surface area contributed by atoms with Gasteiger partial charge in [0.25, 0.3) is 0 Å². The summed E-state index contributed by atoms with van der Waals surface area (Å²) in [5, 5.41) is 21.5. The van der Waals surface area contributed by atoms with Crippen molar-refractivity contribution in [2.75, 3.05) is 14.2 Å². The van der Waals surface area contributed by atoms with E-state index in [4.69, 9.17) is 27.0 Å². The van der Waals surface area contributed by atoms with Gasteiger partial charge in [0.2, 0.25) is 5.75 Å². The highest BCUT2D eigenvalue weighted by Gasteiger charge is 2.09. The first-order chi connectivity index (χ1) is 10.0. The van der Waals surface area contributed by atoms with Gasteiger partial charge in [-0.05, 0) is 30.7 Å². The van der Waals surface area contributed by atoms with E-state index in [2.05, 4.69) is 5.32 Å². The molecule has 0 atom stereocenters. The molecule has 0 aromatic heterocycles. The minimum atomic E-state index is -0.0524. The Kier molecular flexibility index (Phi) is 6.24. The number of hydrogen-bond donors (Lipinski definition) is 2. The summed E-state index contributed by atoms with van der Waals surface area (Å²) < 4.78 is 10.1. The van der Waals surface area contributed by atoms with Crippen molar-refractivity contribution in [2.24, 2.45) is 0 Å². The molecular formula is C15H16N2O3S. The number of rotatable bonds is 5. The molecule has 1 aromatic carbocycles. The van der Waals surface area contributed by atoms with Crippen molar-refractivity contribution in [1.29, 1.82) is 5.26 Å². The molecule has 0 fully saturated rings. The van der Waals surface area contributed by atoms with E-state index in [1.54, 1.807) is 37.3 Å². The SMILES string of the molecule is COc1cc(/C=C/C=C(\C#N)NC(C)=S)cc(OC)c1O. The van der Waals surface area contributed by atoms with Crippen molar-refractivity contribution in [3.05, 3.63) is 35.5 Å². The van der Waals surface area contributed by atoms with Gasteiger partial charge < -0.3 is 19.9 Å². The van der Waals surface area contributed by atoms with Crippen LogP contribution < -0.4 is 14.8 Å². The molecule has 1 rings (SSSR count). The molecule has 0 saturated carbocycles. The predicted octanol–water partition coefficient (Wildman–Crippen LogP) is 2.77. The maximum absolute atomic E-state index is 9.81. The van der Waals surface area contributed by atoms with E-state index in [9.17, 15) is 5.11 Å². The number of nitriles is 1. The Hall–Kier alpha value is -2.52. The van der Waals surface area contributed by atoms with E-state index in [1.165, 1.54) is 14.2 Å². The largest absolute Gasteiger partial charge is 0.502 e. The van der Waals surface area contributed by atoms with Gasteiger partial charge in [-0.2, -0.15) is 5.26 Å².